The maximum Gasteiger partial charge on any atom is 0.0566 e. The van der Waals surface area contributed by atoms with E-state index >= 15 is 0 Å². The van der Waals surface area contributed by atoms with Gasteiger partial charge >= 0.3 is 0 Å². The maximum atomic E-state index is 6.11. The molecule has 0 radical (unpaired) electrons. The number of pyridine rings is 1. The van der Waals surface area contributed by atoms with Crippen LogP contribution in [-0.4, -0.2) is 4.98 Å². The van der Waals surface area contributed by atoms with Crippen LogP contribution in [0.15, 0.2) is 53.3 Å². The number of aromatic nitrogens is 1. The van der Waals surface area contributed by atoms with Crippen molar-refractivity contribution in [1.82, 2.24) is 4.98 Å². The van der Waals surface area contributed by atoms with Crippen molar-refractivity contribution in [3.8, 4) is 0 Å². The molecule has 0 spiro atoms. The molecule has 0 fully saturated rings. The SMILES string of the molecule is N[C@H](c1ccc(Br)cc1)c1cccnc1. The molecule has 1 aromatic carbocycles. The minimum absolute atomic E-state index is 0.105. The molecule has 0 saturated carbocycles. The number of nitrogens with two attached hydrogens (primary N) is 1. The first-order valence-electron chi connectivity index (χ1n) is 4.68. The molecule has 2 aromatic rings. The third-order valence-electron chi connectivity index (χ3n) is 2.27. The average molecular weight is 263 g/mol. The van der Waals surface area contributed by atoms with Crippen LogP contribution in [0.1, 0.15) is 17.2 Å². The van der Waals surface area contributed by atoms with E-state index in [1.54, 1.807) is 12.4 Å². The second-order valence-electron chi connectivity index (χ2n) is 3.32. The van der Waals surface area contributed by atoms with Crippen LogP contribution >= 0.6 is 15.9 Å². The predicted molar refractivity (Wildman–Crippen MR) is 64.4 cm³/mol. The van der Waals surface area contributed by atoms with Crippen LogP contribution in [0.5, 0.6) is 0 Å². The number of rotatable bonds is 2. The Bertz CT molecular complexity index is 425. The molecular weight excluding hydrogens is 252 g/mol. The van der Waals surface area contributed by atoms with Crippen molar-refractivity contribution in [3.05, 3.63) is 64.4 Å². The first kappa shape index (κ1) is 10.3. The molecular formula is C12H11BrN2. The fourth-order valence-electron chi connectivity index (χ4n) is 1.42. The molecule has 1 atom stereocenters. The Morgan fingerprint density at radius 2 is 1.80 bits per heavy atom. The molecule has 76 valence electrons. The van der Waals surface area contributed by atoms with Gasteiger partial charge in [-0.3, -0.25) is 4.98 Å². The summed E-state index contributed by atoms with van der Waals surface area (Å²) in [6.07, 6.45) is 3.55. The van der Waals surface area contributed by atoms with E-state index in [2.05, 4.69) is 20.9 Å². The molecule has 0 aliphatic heterocycles. The summed E-state index contributed by atoms with van der Waals surface area (Å²) in [6, 6.07) is 11.8. The van der Waals surface area contributed by atoms with Crippen LogP contribution in [0.4, 0.5) is 0 Å². The molecule has 1 heterocycles. The summed E-state index contributed by atoms with van der Waals surface area (Å²) in [5, 5.41) is 0. The van der Waals surface area contributed by atoms with Crippen LogP contribution in [0.3, 0.4) is 0 Å². The largest absolute Gasteiger partial charge is 0.320 e. The Labute approximate surface area is 97.3 Å². The number of hydrogen-bond donors (Lipinski definition) is 1. The first-order chi connectivity index (χ1) is 7.27. The van der Waals surface area contributed by atoms with E-state index in [0.717, 1.165) is 15.6 Å². The van der Waals surface area contributed by atoms with Gasteiger partial charge in [-0.25, -0.2) is 0 Å². The summed E-state index contributed by atoms with van der Waals surface area (Å²) in [6.45, 7) is 0. The molecule has 15 heavy (non-hydrogen) atoms. The second kappa shape index (κ2) is 4.55. The minimum Gasteiger partial charge on any atom is -0.320 e. The average Bonchev–Trinajstić information content (AvgIpc) is 2.30. The lowest BCUT2D eigenvalue weighted by Gasteiger charge is -2.11. The van der Waals surface area contributed by atoms with Crippen LogP contribution < -0.4 is 5.73 Å². The predicted octanol–water partition coefficient (Wildman–Crippen LogP) is 2.89. The van der Waals surface area contributed by atoms with E-state index < -0.39 is 0 Å². The molecule has 0 saturated heterocycles. The van der Waals surface area contributed by atoms with Crippen LogP contribution in [0, 0.1) is 0 Å². The zero-order valence-electron chi connectivity index (χ0n) is 8.10. The fraction of sp³-hybridized carbons (Fsp3) is 0.0833. The van der Waals surface area contributed by atoms with E-state index in [1.165, 1.54) is 0 Å². The Kier molecular flexibility index (Phi) is 3.14. The molecule has 0 amide bonds. The lowest BCUT2D eigenvalue weighted by molar-refractivity contribution is 0.863. The molecule has 0 unspecified atom stereocenters. The molecule has 0 aliphatic rings. The van der Waals surface area contributed by atoms with Gasteiger partial charge in [-0.15, -0.1) is 0 Å². The van der Waals surface area contributed by atoms with E-state index in [4.69, 9.17) is 5.73 Å². The Hall–Kier alpha value is -1.19. The second-order valence-corrected chi connectivity index (χ2v) is 4.23. The zero-order chi connectivity index (χ0) is 10.7. The highest BCUT2D eigenvalue weighted by molar-refractivity contribution is 9.10. The van der Waals surface area contributed by atoms with E-state index in [-0.39, 0.29) is 6.04 Å². The van der Waals surface area contributed by atoms with Crippen LogP contribution in [0.2, 0.25) is 0 Å². The molecule has 0 bridgehead atoms. The first-order valence-corrected chi connectivity index (χ1v) is 5.47. The van der Waals surface area contributed by atoms with Crippen molar-refractivity contribution in [2.24, 2.45) is 5.73 Å². The summed E-state index contributed by atoms with van der Waals surface area (Å²) < 4.78 is 1.06. The van der Waals surface area contributed by atoms with Crippen molar-refractivity contribution >= 4 is 15.9 Å². The summed E-state index contributed by atoms with van der Waals surface area (Å²) in [7, 11) is 0. The Morgan fingerprint density at radius 1 is 1.07 bits per heavy atom. The summed E-state index contributed by atoms with van der Waals surface area (Å²) in [5.74, 6) is 0. The monoisotopic (exact) mass is 262 g/mol. The fourth-order valence-corrected chi connectivity index (χ4v) is 1.69. The maximum absolute atomic E-state index is 6.11. The van der Waals surface area contributed by atoms with Crippen LogP contribution in [-0.2, 0) is 0 Å². The van der Waals surface area contributed by atoms with E-state index in [9.17, 15) is 0 Å². The third-order valence-corrected chi connectivity index (χ3v) is 2.80. The molecule has 3 heteroatoms. The highest BCUT2D eigenvalue weighted by atomic mass is 79.9. The Morgan fingerprint density at radius 3 is 2.40 bits per heavy atom. The van der Waals surface area contributed by atoms with Gasteiger partial charge in [-0.1, -0.05) is 34.1 Å². The molecule has 2 N–H and O–H groups in total. The topological polar surface area (TPSA) is 38.9 Å². The quantitative estimate of drug-likeness (QED) is 0.904. The highest BCUT2D eigenvalue weighted by Crippen LogP contribution is 2.20. The van der Waals surface area contributed by atoms with E-state index in [1.807, 2.05) is 36.4 Å². The van der Waals surface area contributed by atoms with Crippen LogP contribution in [0.25, 0.3) is 0 Å². The van der Waals surface area contributed by atoms with Gasteiger partial charge in [0.2, 0.25) is 0 Å². The van der Waals surface area contributed by atoms with Gasteiger partial charge < -0.3 is 5.73 Å². The molecule has 0 aliphatic carbocycles. The number of hydrogen-bond acceptors (Lipinski definition) is 2. The summed E-state index contributed by atoms with van der Waals surface area (Å²) >= 11 is 3.40. The van der Waals surface area contributed by atoms with Gasteiger partial charge in [0.1, 0.15) is 0 Å². The summed E-state index contributed by atoms with van der Waals surface area (Å²) in [4.78, 5) is 4.06. The molecule has 1 aromatic heterocycles. The third kappa shape index (κ3) is 2.43. The number of benzene rings is 1. The van der Waals surface area contributed by atoms with Gasteiger partial charge in [0.05, 0.1) is 6.04 Å². The lowest BCUT2D eigenvalue weighted by atomic mass is 10.0. The van der Waals surface area contributed by atoms with Gasteiger partial charge in [-0.05, 0) is 29.3 Å². The smallest absolute Gasteiger partial charge is 0.0566 e. The van der Waals surface area contributed by atoms with Gasteiger partial charge in [-0.2, -0.15) is 0 Å². The number of halogens is 1. The van der Waals surface area contributed by atoms with Crippen molar-refractivity contribution in [2.75, 3.05) is 0 Å². The van der Waals surface area contributed by atoms with Crippen molar-refractivity contribution in [2.45, 2.75) is 6.04 Å². The van der Waals surface area contributed by atoms with E-state index in [0.29, 0.717) is 0 Å². The van der Waals surface area contributed by atoms with Gasteiger partial charge in [0.25, 0.3) is 0 Å². The van der Waals surface area contributed by atoms with Gasteiger partial charge in [0.15, 0.2) is 0 Å². The standard InChI is InChI=1S/C12H11BrN2/c13-11-5-3-9(4-6-11)12(14)10-2-1-7-15-8-10/h1-8,12H,14H2/t12-/m1/s1. The zero-order valence-corrected chi connectivity index (χ0v) is 9.68. The minimum atomic E-state index is -0.105. The van der Waals surface area contributed by atoms with Gasteiger partial charge in [0, 0.05) is 16.9 Å². The number of nitrogens with zero attached hydrogens (tertiary/aromatic N) is 1. The normalized spacial score (nSPS) is 12.4. The summed E-state index contributed by atoms with van der Waals surface area (Å²) in [5.41, 5.74) is 8.23. The molecule has 2 rings (SSSR count). The van der Waals surface area contributed by atoms with Crippen molar-refractivity contribution in [3.63, 3.8) is 0 Å². The lowest BCUT2D eigenvalue weighted by Crippen LogP contribution is -2.11. The van der Waals surface area contributed by atoms with Crippen molar-refractivity contribution in [1.29, 1.82) is 0 Å². The molecule has 2 nitrogen and oxygen atoms in total. The highest BCUT2D eigenvalue weighted by Gasteiger charge is 2.07. The Balaban J connectivity index is 2.29. The van der Waals surface area contributed by atoms with Crippen molar-refractivity contribution < 1.29 is 0 Å².